The van der Waals surface area contributed by atoms with Gasteiger partial charge < -0.3 is 10.6 Å². The fourth-order valence-corrected chi connectivity index (χ4v) is 2.25. The highest BCUT2D eigenvalue weighted by Crippen LogP contribution is 2.21. The van der Waals surface area contributed by atoms with Crippen LogP contribution < -0.4 is 10.6 Å². The van der Waals surface area contributed by atoms with E-state index >= 15 is 0 Å². The Morgan fingerprint density at radius 3 is 2.80 bits per heavy atom. The number of hydrogen-bond donors (Lipinski definition) is 2. The SMILES string of the molecule is CCCNc1ccc(Cl)cc1C(=O)NCCC(C)SC. The summed E-state index contributed by atoms with van der Waals surface area (Å²) < 4.78 is 0. The molecule has 0 aliphatic heterocycles. The zero-order valence-electron chi connectivity index (χ0n) is 12.3. The predicted molar refractivity (Wildman–Crippen MR) is 90.2 cm³/mol. The molecule has 0 fully saturated rings. The molecule has 0 bridgehead atoms. The van der Waals surface area contributed by atoms with Crippen LogP contribution in [0.2, 0.25) is 5.02 Å². The van der Waals surface area contributed by atoms with Gasteiger partial charge in [0.05, 0.1) is 5.56 Å². The number of benzene rings is 1. The van der Waals surface area contributed by atoms with Crippen molar-refractivity contribution in [1.29, 1.82) is 0 Å². The summed E-state index contributed by atoms with van der Waals surface area (Å²) in [5.41, 5.74) is 1.45. The number of halogens is 1. The summed E-state index contributed by atoms with van der Waals surface area (Å²) >= 11 is 7.79. The second-order valence-corrected chi connectivity index (χ2v) is 6.42. The lowest BCUT2D eigenvalue weighted by molar-refractivity contribution is 0.0954. The van der Waals surface area contributed by atoms with Crippen molar-refractivity contribution in [3.05, 3.63) is 28.8 Å². The molecule has 1 aromatic rings. The third kappa shape index (κ3) is 5.63. The van der Waals surface area contributed by atoms with Crippen LogP contribution in [0.5, 0.6) is 0 Å². The lowest BCUT2D eigenvalue weighted by atomic mass is 10.1. The summed E-state index contributed by atoms with van der Waals surface area (Å²) in [5.74, 6) is -0.0700. The average Bonchev–Trinajstić information content (AvgIpc) is 2.45. The number of amides is 1. The molecule has 0 heterocycles. The van der Waals surface area contributed by atoms with Gasteiger partial charge in [-0.3, -0.25) is 4.79 Å². The van der Waals surface area contributed by atoms with E-state index in [1.807, 2.05) is 6.07 Å². The first-order chi connectivity index (χ1) is 9.58. The third-order valence-corrected chi connectivity index (χ3v) is 4.31. The van der Waals surface area contributed by atoms with E-state index < -0.39 is 0 Å². The van der Waals surface area contributed by atoms with Gasteiger partial charge >= 0.3 is 0 Å². The Hall–Kier alpha value is -0.870. The van der Waals surface area contributed by atoms with Crippen LogP contribution in [0.1, 0.15) is 37.0 Å². The highest BCUT2D eigenvalue weighted by Gasteiger charge is 2.12. The zero-order chi connectivity index (χ0) is 15.0. The lowest BCUT2D eigenvalue weighted by Crippen LogP contribution is -2.27. The van der Waals surface area contributed by atoms with Gasteiger partial charge in [-0.05, 0) is 37.3 Å². The molecule has 2 N–H and O–H groups in total. The minimum atomic E-state index is -0.0700. The van der Waals surface area contributed by atoms with Crippen LogP contribution in [0.4, 0.5) is 5.69 Å². The van der Waals surface area contributed by atoms with E-state index in [-0.39, 0.29) is 5.91 Å². The Labute approximate surface area is 130 Å². The third-order valence-electron chi connectivity index (χ3n) is 3.03. The largest absolute Gasteiger partial charge is 0.384 e. The molecular formula is C15H23ClN2OS. The predicted octanol–water partition coefficient (Wildman–Crippen LogP) is 4.03. The Morgan fingerprint density at radius 2 is 2.15 bits per heavy atom. The second-order valence-electron chi connectivity index (χ2n) is 4.71. The molecule has 5 heteroatoms. The van der Waals surface area contributed by atoms with E-state index in [4.69, 9.17) is 11.6 Å². The smallest absolute Gasteiger partial charge is 0.253 e. The lowest BCUT2D eigenvalue weighted by Gasteiger charge is -2.13. The molecule has 1 rings (SSSR count). The highest BCUT2D eigenvalue weighted by atomic mass is 35.5. The Balaban J connectivity index is 2.67. The van der Waals surface area contributed by atoms with E-state index in [2.05, 4.69) is 30.7 Å². The van der Waals surface area contributed by atoms with E-state index in [1.165, 1.54) is 0 Å². The zero-order valence-corrected chi connectivity index (χ0v) is 13.9. The molecule has 1 aromatic carbocycles. The molecule has 0 radical (unpaired) electrons. The molecule has 0 aliphatic rings. The molecule has 0 aliphatic carbocycles. The molecule has 3 nitrogen and oxygen atoms in total. The molecule has 0 saturated carbocycles. The molecule has 0 spiro atoms. The summed E-state index contributed by atoms with van der Waals surface area (Å²) in [7, 11) is 0. The van der Waals surface area contributed by atoms with Gasteiger partial charge in [-0.25, -0.2) is 0 Å². The number of anilines is 1. The minimum Gasteiger partial charge on any atom is -0.384 e. The minimum absolute atomic E-state index is 0.0700. The van der Waals surface area contributed by atoms with Crippen LogP contribution >= 0.6 is 23.4 Å². The molecule has 1 atom stereocenters. The van der Waals surface area contributed by atoms with Crippen LogP contribution in [0.3, 0.4) is 0 Å². The van der Waals surface area contributed by atoms with Crippen LogP contribution in [0.15, 0.2) is 18.2 Å². The van der Waals surface area contributed by atoms with Gasteiger partial charge in [-0.1, -0.05) is 25.4 Å². The quantitative estimate of drug-likeness (QED) is 0.761. The fraction of sp³-hybridized carbons (Fsp3) is 0.533. The van der Waals surface area contributed by atoms with Crippen molar-refractivity contribution in [2.24, 2.45) is 0 Å². The van der Waals surface area contributed by atoms with Crippen molar-refractivity contribution in [2.45, 2.75) is 31.9 Å². The maximum Gasteiger partial charge on any atom is 0.253 e. The Morgan fingerprint density at radius 1 is 1.40 bits per heavy atom. The van der Waals surface area contributed by atoms with Crippen molar-refractivity contribution in [1.82, 2.24) is 5.32 Å². The summed E-state index contributed by atoms with van der Waals surface area (Å²) in [5, 5.41) is 7.34. The van der Waals surface area contributed by atoms with Crippen molar-refractivity contribution < 1.29 is 4.79 Å². The molecule has 1 amide bonds. The molecule has 0 saturated heterocycles. The van der Waals surface area contributed by atoms with Crippen LogP contribution in [0, 0.1) is 0 Å². The monoisotopic (exact) mass is 314 g/mol. The van der Waals surface area contributed by atoms with Crippen LogP contribution in [-0.2, 0) is 0 Å². The first-order valence-electron chi connectivity index (χ1n) is 6.92. The van der Waals surface area contributed by atoms with Gasteiger partial charge in [0, 0.05) is 29.0 Å². The standard InChI is InChI=1S/C15H23ClN2OS/c1-4-8-17-14-6-5-12(16)10-13(14)15(19)18-9-7-11(2)20-3/h5-6,10-11,17H,4,7-9H2,1-3H3,(H,18,19). The van der Waals surface area contributed by atoms with E-state index in [0.29, 0.717) is 22.4 Å². The van der Waals surface area contributed by atoms with Gasteiger partial charge in [0.15, 0.2) is 0 Å². The number of nitrogens with one attached hydrogen (secondary N) is 2. The fourth-order valence-electron chi connectivity index (χ4n) is 1.72. The van der Waals surface area contributed by atoms with Crippen molar-refractivity contribution in [3.8, 4) is 0 Å². The Bertz CT molecular complexity index is 440. The molecule has 20 heavy (non-hydrogen) atoms. The van der Waals surface area contributed by atoms with Gasteiger partial charge in [0.2, 0.25) is 0 Å². The maximum absolute atomic E-state index is 12.2. The average molecular weight is 315 g/mol. The summed E-state index contributed by atoms with van der Waals surface area (Å²) in [6.45, 7) is 5.77. The number of carbonyl (C=O) groups is 1. The van der Waals surface area contributed by atoms with Crippen LogP contribution in [-0.4, -0.2) is 30.5 Å². The number of hydrogen-bond acceptors (Lipinski definition) is 3. The van der Waals surface area contributed by atoms with Crippen molar-refractivity contribution >= 4 is 35.0 Å². The first kappa shape index (κ1) is 17.2. The summed E-state index contributed by atoms with van der Waals surface area (Å²) in [4.78, 5) is 12.2. The maximum atomic E-state index is 12.2. The Kier molecular flexibility index (Phi) is 7.85. The molecule has 1 unspecified atom stereocenters. The van der Waals surface area contributed by atoms with E-state index in [9.17, 15) is 4.79 Å². The van der Waals surface area contributed by atoms with Crippen LogP contribution in [0.25, 0.3) is 0 Å². The van der Waals surface area contributed by atoms with Gasteiger partial charge in [0.1, 0.15) is 0 Å². The van der Waals surface area contributed by atoms with Crippen molar-refractivity contribution in [2.75, 3.05) is 24.7 Å². The number of rotatable bonds is 8. The van der Waals surface area contributed by atoms with E-state index in [1.54, 1.807) is 23.9 Å². The topological polar surface area (TPSA) is 41.1 Å². The molecule has 112 valence electrons. The molecule has 0 aromatic heterocycles. The summed E-state index contributed by atoms with van der Waals surface area (Å²) in [6.07, 6.45) is 4.05. The van der Waals surface area contributed by atoms with Gasteiger partial charge in [-0.2, -0.15) is 11.8 Å². The summed E-state index contributed by atoms with van der Waals surface area (Å²) in [6, 6.07) is 5.37. The second kappa shape index (κ2) is 9.14. The number of thioether (sulfide) groups is 1. The van der Waals surface area contributed by atoms with E-state index in [0.717, 1.165) is 25.1 Å². The number of carbonyl (C=O) groups excluding carboxylic acids is 1. The molecular weight excluding hydrogens is 292 g/mol. The highest BCUT2D eigenvalue weighted by molar-refractivity contribution is 7.99. The van der Waals surface area contributed by atoms with Crippen molar-refractivity contribution in [3.63, 3.8) is 0 Å². The first-order valence-corrected chi connectivity index (χ1v) is 8.59. The normalized spacial score (nSPS) is 12.0. The van der Waals surface area contributed by atoms with Gasteiger partial charge in [0.25, 0.3) is 5.91 Å². The van der Waals surface area contributed by atoms with Gasteiger partial charge in [-0.15, -0.1) is 0 Å².